The summed E-state index contributed by atoms with van der Waals surface area (Å²) in [5, 5.41) is 14.4. The molecule has 1 aromatic heterocycles. The van der Waals surface area contributed by atoms with E-state index in [4.69, 9.17) is 5.73 Å². The van der Waals surface area contributed by atoms with E-state index in [9.17, 15) is 5.11 Å². The van der Waals surface area contributed by atoms with Gasteiger partial charge in [0.15, 0.2) is 0 Å². The standard InChI is InChI=1S/C15H19N3O/c1-18-15(16)12(9-17-18)14-11-6-4-2-3-5-10(11)7-8-13(14)19/h7-9,19H,2-6,16H2,1H3. The van der Waals surface area contributed by atoms with Crippen LogP contribution in [0.1, 0.15) is 30.4 Å². The van der Waals surface area contributed by atoms with E-state index in [2.05, 4.69) is 5.10 Å². The van der Waals surface area contributed by atoms with Gasteiger partial charge in [-0.25, -0.2) is 0 Å². The fraction of sp³-hybridized carbons (Fsp3) is 0.400. The molecule has 3 N–H and O–H groups in total. The van der Waals surface area contributed by atoms with Crippen molar-refractivity contribution in [1.29, 1.82) is 0 Å². The highest BCUT2D eigenvalue weighted by molar-refractivity contribution is 5.81. The molecule has 0 radical (unpaired) electrons. The lowest BCUT2D eigenvalue weighted by Crippen LogP contribution is -2.00. The molecule has 0 aliphatic heterocycles. The lowest BCUT2D eigenvalue weighted by Gasteiger charge is -2.14. The third kappa shape index (κ3) is 1.97. The second-order valence-electron chi connectivity index (χ2n) is 5.23. The first kappa shape index (κ1) is 12.1. The summed E-state index contributed by atoms with van der Waals surface area (Å²) in [7, 11) is 1.82. The molecule has 4 nitrogen and oxygen atoms in total. The number of nitrogen functional groups attached to an aromatic ring is 1. The predicted molar refractivity (Wildman–Crippen MR) is 76.0 cm³/mol. The van der Waals surface area contributed by atoms with Crippen LogP contribution in [0.2, 0.25) is 0 Å². The number of aromatic hydroxyl groups is 1. The molecular weight excluding hydrogens is 238 g/mol. The van der Waals surface area contributed by atoms with Crippen molar-refractivity contribution in [3.63, 3.8) is 0 Å². The van der Waals surface area contributed by atoms with Crippen molar-refractivity contribution in [1.82, 2.24) is 9.78 Å². The lowest BCUT2D eigenvalue weighted by atomic mass is 9.92. The van der Waals surface area contributed by atoms with Gasteiger partial charge in [0.05, 0.1) is 6.20 Å². The molecular formula is C15H19N3O. The number of hydrogen-bond acceptors (Lipinski definition) is 3. The van der Waals surface area contributed by atoms with E-state index in [0.29, 0.717) is 11.6 Å². The largest absolute Gasteiger partial charge is 0.507 e. The Kier molecular flexibility index (Phi) is 2.93. The minimum Gasteiger partial charge on any atom is -0.507 e. The Morgan fingerprint density at radius 3 is 2.74 bits per heavy atom. The Bertz CT molecular complexity index is 616. The van der Waals surface area contributed by atoms with E-state index in [-0.39, 0.29) is 0 Å². The number of phenols is 1. The van der Waals surface area contributed by atoms with Crippen LogP contribution >= 0.6 is 0 Å². The minimum atomic E-state index is 0.306. The van der Waals surface area contributed by atoms with Crippen molar-refractivity contribution >= 4 is 5.82 Å². The van der Waals surface area contributed by atoms with Crippen LogP contribution < -0.4 is 5.73 Å². The molecule has 0 atom stereocenters. The van der Waals surface area contributed by atoms with E-state index in [1.54, 1.807) is 16.9 Å². The Balaban J connectivity index is 2.22. The number of rotatable bonds is 1. The van der Waals surface area contributed by atoms with Gasteiger partial charge in [0.25, 0.3) is 0 Å². The number of anilines is 1. The number of benzene rings is 1. The van der Waals surface area contributed by atoms with Crippen LogP contribution in [0.4, 0.5) is 5.82 Å². The summed E-state index contributed by atoms with van der Waals surface area (Å²) in [6.07, 6.45) is 7.48. The Morgan fingerprint density at radius 1 is 1.21 bits per heavy atom. The number of aryl methyl sites for hydroxylation is 2. The van der Waals surface area contributed by atoms with Crippen LogP contribution in [-0.2, 0) is 19.9 Å². The minimum absolute atomic E-state index is 0.306. The topological polar surface area (TPSA) is 64.1 Å². The van der Waals surface area contributed by atoms with Gasteiger partial charge in [-0.1, -0.05) is 12.5 Å². The molecule has 1 heterocycles. The number of aromatic nitrogens is 2. The molecule has 2 aromatic rings. The van der Waals surface area contributed by atoms with Crippen molar-refractivity contribution in [3.8, 4) is 16.9 Å². The van der Waals surface area contributed by atoms with Gasteiger partial charge in [-0.05, 0) is 42.9 Å². The van der Waals surface area contributed by atoms with Crippen LogP contribution in [0.25, 0.3) is 11.1 Å². The van der Waals surface area contributed by atoms with Gasteiger partial charge in [-0.15, -0.1) is 0 Å². The summed E-state index contributed by atoms with van der Waals surface area (Å²) in [5.74, 6) is 0.910. The molecule has 4 heteroatoms. The van der Waals surface area contributed by atoms with E-state index >= 15 is 0 Å². The summed E-state index contributed by atoms with van der Waals surface area (Å²) in [5.41, 5.74) is 10.4. The molecule has 3 rings (SSSR count). The molecule has 1 aliphatic carbocycles. The van der Waals surface area contributed by atoms with Crippen molar-refractivity contribution in [3.05, 3.63) is 29.5 Å². The van der Waals surface area contributed by atoms with Crippen molar-refractivity contribution in [2.75, 3.05) is 5.73 Å². The number of nitrogens with zero attached hydrogens (tertiary/aromatic N) is 2. The SMILES string of the molecule is Cn1ncc(-c2c(O)ccc3c2CCCCC3)c1N. The first-order valence-corrected chi connectivity index (χ1v) is 6.80. The maximum atomic E-state index is 10.3. The average molecular weight is 257 g/mol. The summed E-state index contributed by atoms with van der Waals surface area (Å²) in [6, 6.07) is 3.83. The molecule has 0 spiro atoms. The van der Waals surface area contributed by atoms with Gasteiger partial charge in [-0.3, -0.25) is 4.68 Å². The Hall–Kier alpha value is -1.97. The van der Waals surface area contributed by atoms with E-state index in [1.807, 2.05) is 13.1 Å². The second-order valence-corrected chi connectivity index (χ2v) is 5.23. The van der Waals surface area contributed by atoms with Crippen LogP contribution in [0.5, 0.6) is 5.75 Å². The third-order valence-corrected chi connectivity index (χ3v) is 4.01. The molecule has 0 saturated carbocycles. The Morgan fingerprint density at radius 2 is 2.00 bits per heavy atom. The second kappa shape index (κ2) is 4.61. The zero-order valence-electron chi connectivity index (χ0n) is 11.2. The average Bonchev–Trinajstić information content (AvgIpc) is 2.63. The molecule has 1 aromatic carbocycles. The van der Waals surface area contributed by atoms with Gasteiger partial charge in [0.1, 0.15) is 11.6 Å². The lowest BCUT2D eigenvalue weighted by molar-refractivity contribution is 0.476. The quantitative estimate of drug-likeness (QED) is 0.772. The number of nitrogens with two attached hydrogens (primary N) is 1. The fourth-order valence-corrected chi connectivity index (χ4v) is 2.93. The number of fused-ring (bicyclic) bond motifs is 1. The zero-order valence-corrected chi connectivity index (χ0v) is 11.2. The third-order valence-electron chi connectivity index (χ3n) is 4.01. The van der Waals surface area contributed by atoms with E-state index in [1.165, 1.54) is 30.4 Å². The highest BCUT2D eigenvalue weighted by Gasteiger charge is 2.20. The maximum Gasteiger partial charge on any atom is 0.129 e. The molecule has 0 amide bonds. The normalized spacial score (nSPS) is 15.0. The predicted octanol–water partition coefficient (Wildman–Crippen LogP) is 2.64. The van der Waals surface area contributed by atoms with Gasteiger partial charge in [0.2, 0.25) is 0 Å². The highest BCUT2D eigenvalue weighted by Crippen LogP contribution is 2.39. The summed E-state index contributed by atoms with van der Waals surface area (Å²) < 4.78 is 1.64. The molecule has 1 aliphatic rings. The highest BCUT2D eigenvalue weighted by atomic mass is 16.3. The van der Waals surface area contributed by atoms with Gasteiger partial charge >= 0.3 is 0 Å². The molecule has 0 bridgehead atoms. The van der Waals surface area contributed by atoms with Crippen LogP contribution in [0, 0.1) is 0 Å². The summed E-state index contributed by atoms with van der Waals surface area (Å²) in [4.78, 5) is 0. The maximum absolute atomic E-state index is 10.3. The van der Waals surface area contributed by atoms with Gasteiger partial charge in [0, 0.05) is 18.2 Å². The first-order valence-electron chi connectivity index (χ1n) is 6.80. The van der Waals surface area contributed by atoms with Crippen molar-refractivity contribution in [2.45, 2.75) is 32.1 Å². The fourth-order valence-electron chi connectivity index (χ4n) is 2.93. The van der Waals surface area contributed by atoms with Crippen LogP contribution in [-0.4, -0.2) is 14.9 Å². The monoisotopic (exact) mass is 257 g/mol. The molecule has 0 fully saturated rings. The summed E-state index contributed by atoms with van der Waals surface area (Å²) in [6.45, 7) is 0. The molecule has 0 unspecified atom stereocenters. The first-order chi connectivity index (χ1) is 9.18. The van der Waals surface area contributed by atoms with Crippen LogP contribution in [0.3, 0.4) is 0 Å². The smallest absolute Gasteiger partial charge is 0.129 e. The van der Waals surface area contributed by atoms with E-state index in [0.717, 1.165) is 24.0 Å². The Labute approximate surface area is 112 Å². The number of hydrogen-bond donors (Lipinski definition) is 2. The van der Waals surface area contributed by atoms with Gasteiger partial charge in [-0.2, -0.15) is 5.10 Å². The zero-order chi connectivity index (χ0) is 13.4. The van der Waals surface area contributed by atoms with Crippen LogP contribution in [0.15, 0.2) is 18.3 Å². The molecule has 19 heavy (non-hydrogen) atoms. The van der Waals surface area contributed by atoms with Crippen molar-refractivity contribution < 1.29 is 5.11 Å². The summed E-state index contributed by atoms with van der Waals surface area (Å²) >= 11 is 0. The van der Waals surface area contributed by atoms with Gasteiger partial charge < -0.3 is 10.8 Å². The molecule has 0 saturated heterocycles. The van der Waals surface area contributed by atoms with E-state index < -0.39 is 0 Å². The van der Waals surface area contributed by atoms with Crippen molar-refractivity contribution in [2.24, 2.45) is 7.05 Å². The number of phenolic OH excluding ortho intramolecular Hbond substituents is 1. The molecule has 100 valence electrons.